The molecule has 1 aliphatic heterocycles. The van der Waals surface area contributed by atoms with Gasteiger partial charge in [-0.1, -0.05) is 50.6 Å². The third-order valence-corrected chi connectivity index (χ3v) is 5.14. The van der Waals surface area contributed by atoms with Crippen LogP contribution < -0.4 is 4.74 Å². The van der Waals surface area contributed by atoms with Crippen molar-refractivity contribution in [1.82, 2.24) is 4.90 Å². The number of carbonyl (C=O) groups excluding carboxylic acids is 1. The standard InChI is InChI=1S/C22H34N2O5/c1-2-3-4-5-6-7-8-9-20(23-27)19-11-10-18(16-21(19)25)29-17-22(26)24-12-14-28-15-13-24/h10-11,16,25,27H,2-9,12-15,17H2,1H3/b23-20+. The van der Waals surface area contributed by atoms with Gasteiger partial charge in [0, 0.05) is 24.7 Å². The molecule has 0 spiro atoms. The maximum Gasteiger partial charge on any atom is 0.260 e. The fourth-order valence-electron chi connectivity index (χ4n) is 3.38. The molecular weight excluding hydrogens is 372 g/mol. The van der Waals surface area contributed by atoms with Crippen LogP contribution in [0.3, 0.4) is 0 Å². The third-order valence-electron chi connectivity index (χ3n) is 5.14. The highest BCUT2D eigenvalue weighted by atomic mass is 16.5. The Labute approximate surface area is 173 Å². The largest absolute Gasteiger partial charge is 0.507 e. The van der Waals surface area contributed by atoms with Crippen LogP contribution in [0.4, 0.5) is 0 Å². The third kappa shape index (κ3) is 7.93. The number of aromatic hydroxyl groups is 1. The van der Waals surface area contributed by atoms with Crippen LogP contribution in [-0.2, 0) is 9.53 Å². The van der Waals surface area contributed by atoms with E-state index >= 15 is 0 Å². The Kier molecular flexibility index (Phi) is 10.3. The van der Waals surface area contributed by atoms with Gasteiger partial charge in [0.25, 0.3) is 5.91 Å². The first-order valence-electron chi connectivity index (χ1n) is 10.7. The summed E-state index contributed by atoms with van der Waals surface area (Å²) in [5.74, 6) is 0.284. The van der Waals surface area contributed by atoms with E-state index < -0.39 is 0 Å². The maximum absolute atomic E-state index is 12.1. The van der Waals surface area contributed by atoms with Crippen molar-refractivity contribution < 1.29 is 24.6 Å². The summed E-state index contributed by atoms with van der Waals surface area (Å²) in [7, 11) is 0. The molecular formula is C22H34N2O5. The van der Waals surface area contributed by atoms with Crippen molar-refractivity contribution >= 4 is 11.6 Å². The molecule has 0 unspecified atom stereocenters. The Balaban J connectivity index is 1.79. The van der Waals surface area contributed by atoms with Gasteiger partial charge in [-0.05, 0) is 25.0 Å². The molecule has 0 radical (unpaired) electrons. The summed E-state index contributed by atoms with van der Waals surface area (Å²) in [6, 6.07) is 4.80. The van der Waals surface area contributed by atoms with Crippen molar-refractivity contribution in [3.8, 4) is 11.5 Å². The van der Waals surface area contributed by atoms with E-state index in [0.29, 0.717) is 49.7 Å². The van der Waals surface area contributed by atoms with Gasteiger partial charge in [0.15, 0.2) is 6.61 Å². The number of phenolic OH excluding ortho intramolecular Hbond substituents is 1. The van der Waals surface area contributed by atoms with Crippen LogP contribution >= 0.6 is 0 Å². The Hall–Kier alpha value is -2.28. The van der Waals surface area contributed by atoms with Crippen molar-refractivity contribution in [1.29, 1.82) is 0 Å². The van der Waals surface area contributed by atoms with Gasteiger partial charge < -0.3 is 24.7 Å². The molecule has 1 amide bonds. The molecule has 0 saturated carbocycles. The van der Waals surface area contributed by atoms with Crippen molar-refractivity contribution in [2.45, 2.75) is 58.3 Å². The second-order valence-electron chi connectivity index (χ2n) is 7.38. The van der Waals surface area contributed by atoms with Crippen LogP contribution in [0.1, 0.15) is 63.9 Å². The molecule has 1 saturated heterocycles. The predicted molar refractivity (Wildman–Crippen MR) is 112 cm³/mol. The molecule has 7 heteroatoms. The van der Waals surface area contributed by atoms with Gasteiger partial charge in [-0.2, -0.15) is 0 Å². The van der Waals surface area contributed by atoms with Crippen LogP contribution in [0.2, 0.25) is 0 Å². The van der Waals surface area contributed by atoms with Gasteiger partial charge in [-0.25, -0.2) is 0 Å². The molecule has 0 bridgehead atoms. The lowest BCUT2D eigenvalue weighted by Crippen LogP contribution is -2.42. The second kappa shape index (κ2) is 13.0. The van der Waals surface area contributed by atoms with Gasteiger partial charge in [-0.3, -0.25) is 4.79 Å². The summed E-state index contributed by atoms with van der Waals surface area (Å²) in [4.78, 5) is 13.8. The van der Waals surface area contributed by atoms with Crippen LogP contribution in [0.15, 0.2) is 23.4 Å². The quantitative estimate of drug-likeness (QED) is 0.237. The van der Waals surface area contributed by atoms with Gasteiger partial charge in [0.1, 0.15) is 11.5 Å². The molecule has 7 nitrogen and oxygen atoms in total. The maximum atomic E-state index is 12.1. The number of amides is 1. The highest BCUT2D eigenvalue weighted by Gasteiger charge is 2.17. The van der Waals surface area contributed by atoms with Gasteiger partial charge in [-0.15, -0.1) is 0 Å². The van der Waals surface area contributed by atoms with Crippen molar-refractivity contribution in [3.05, 3.63) is 23.8 Å². The van der Waals surface area contributed by atoms with Crippen molar-refractivity contribution in [3.63, 3.8) is 0 Å². The molecule has 162 valence electrons. The lowest BCUT2D eigenvalue weighted by atomic mass is 10.0. The number of morpholine rings is 1. The summed E-state index contributed by atoms with van der Waals surface area (Å²) in [6.45, 7) is 4.35. The number of benzene rings is 1. The van der Waals surface area contributed by atoms with E-state index in [0.717, 1.165) is 12.8 Å². The minimum absolute atomic E-state index is 0.0166. The molecule has 29 heavy (non-hydrogen) atoms. The SMILES string of the molecule is CCCCCCCCC/C(=N\O)c1ccc(OCC(=O)N2CCOCC2)cc1O. The van der Waals surface area contributed by atoms with E-state index in [2.05, 4.69) is 12.1 Å². The Morgan fingerprint density at radius 3 is 2.48 bits per heavy atom. The van der Waals surface area contributed by atoms with Crippen molar-refractivity contribution in [2.24, 2.45) is 5.16 Å². The molecule has 2 N–H and O–H groups in total. The fourth-order valence-corrected chi connectivity index (χ4v) is 3.38. The lowest BCUT2D eigenvalue weighted by Gasteiger charge is -2.26. The van der Waals surface area contributed by atoms with Crippen LogP contribution in [0.5, 0.6) is 11.5 Å². The van der Waals surface area contributed by atoms with E-state index in [-0.39, 0.29) is 18.3 Å². The molecule has 1 aromatic rings. The lowest BCUT2D eigenvalue weighted by molar-refractivity contribution is -0.137. The minimum atomic E-state index is -0.103. The number of hydrogen-bond acceptors (Lipinski definition) is 6. The molecule has 0 aliphatic carbocycles. The molecule has 0 aromatic heterocycles. The van der Waals surface area contributed by atoms with E-state index in [1.807, 2.05) is 0 Å². The molecule has 1 heterocycles. The van der Waals surface area contributed by atoms with Crippen LogP contribution in [-0.4, -0.2) is 59.7 Å². The summed E-state index contributed by atoms with van der Waals surface area (Å²) >= 11 is 0. The van der Waals surface area contributed by atoms with Gasteiger partial charge >= 0.3 is 0 Å². The normalized spacial score (nSPS) is 14.8. The number of phenols is 1. The van der Waals surface area contributed by atoms with E-state index in [4.69, 9.17) is 9.47 Å². The number of unbranched alkanes of at least 4 members (excludes halogenated alkanes) is 6. The van der Waals surface area contributed by atoms with Gasteiger partial charge in [0.2, 0.25) is 0 Å². The van der Waals surface area contributed by atoms with Crippen molar-refractivity contribution in [2.75, 3.05) is 32.9 Å². The number of hydrogen-bond donors (Lipinski definition) is 2. The number of rotatable bonds is 12. The monoisotopic (exact) mass is 406 g/mol. The van der Waals surface area contributed by atoms with Crippen LogP contribution in [0.25, 0.3) is 0 Å². The molecule has 0 atom stereocenters. The zero-order valence-corrected chi connectivity index (χ0v) is 17.4. The molecule has 1 fully saturated rings. The number of nitrogens with zero attached hydrogens (tertiary/aromatic N) is 2. The number of ether oxygens (including phenoxy) is 2. The average molecular weight is 407 g/mol. The summed E-state index contributed by atoms with van der Waals surface area (Å²) in [5.41, 5.74) is 0.956. The highest BCUT2D eigenvalue weighted by Crippen LogP contribution is 2.26. The average Bonchev–Trinajstić information content (AvgIpc) is 2.75. The predicted octanol–water partition coefficient (Wildman–Crippen LogP) is 3.95. The van der Waals surface area contributed by atoms with Gasteiger partial charge in [0.05, 0.1) is 18.9 Å². The molecule has 1 aliphatic rings. The second-order valence-corrected chi connectivity index (χ2v) is 7.38. The van der Waals surface area contributed by atoms with Crippen LogP contribution in [0, 0.1) is 0 Å². The minimum Gasteiger partial charge on any atom is -0.507 e. The smallest absolute Gasteiger partial charge is 0.260 e. The van der Waals surface area contributed by atoms with E-state index in [9.17, 15) is 15.1 Å². The zero-order chi connectivity index (χ0) is 20.9. The fraction of sp³-hybridized carbons (Fsp3) is 0.636. The Bertz CT molecular complexity index is 657. The first-order chi connectivity index (χ1) is 14.2. The van der Waals surface area contributed by atoms with E-state index in [1.54, 1.807) is 17.0 Å². The summed E-state index contributed by atoms with van der Waals surface area (Å²) in [5, 5.41) is 23.0. The first-order valence-corrected chi connectivity index (χ1v) is 10.7. The Morgan fingerprint density at radius 1 is 1.14 bits per heavy atom. The molecule has 2 rings (SSSR count). The number of carbonyl (C=O) groups is 1. The number of oxime groups is 1. The topological polar surface area (TPSA) is 91.6 Å². The van der Waals surface area contributed by atoms with E-state index in [1.165, 1.54) is 38.2 Å². The summed E-state index contributed by atoms with van der Waals surface area (Å²) in [6.07, 6.45) is 8.80. The highest BCUT2D eigenvalue weighted by molar-refractivity contribution is 6.02. The Morgan fingerprint density at radius 2 is 1.83 bits per heavy atom. The zero-order valence-electron chi connectivity index (χ0n) is 17.4. The summed E-state index contributed by atoms with van der Waals surface area (Å²) < 4.78 is 10.8. The first kappa shape index (κ1) is 23.0. The molecule has 1 aromatic carbocycles.